The number of carbonyl (C=O) groups is 3. The number of anilines is 1. The van der Waals surface area contributed by atoms with Crippen LogP contribution in [0.2, 0.25) is 0 Å². The smallest absolute Gasteiger partial charge is 0.339 e. The molecule has 7 nitrogen and oxygen atoms in total. The van der Waals surface area contributed by atoms with Gasteiger partial charge in [-0.1, -0.05) is 18.2 Å². The summed E-state index contributed by atoms with van der Waals surface area (Å²) in [4.78, 5) is 37.9. The van der Waals surface area contributed by atoms with E-state index < -0.39 is 23.9 Å². The largest absolute Gasteiger partial charge is 0.467 e. The molecule has 112 valence electrons. The quantitative estimate of drug-likeness (QED) is 0.610. The molecule has 0 saturated carbocycles. The van der Waals surface area contributed by atoms with Crippen molar-refractivity contribution in [2.75, 3.05) is 32.1 Å². The molecule has 1 N–H and O–H groups in total. The maximum absolute atomic E-state index is 12.1. The number of para-hydroxylation sites is 1. The Hall–Kier alpha value is -2.41. The number of nitrogens with zero attached hydrogens (tertiary/aromatic N) is 2. The number of aliphatic hydroxyl groups excluding tert-OH is 1. The Bertz CT molecular complexity index is 586. The van der Waals surface area contributed by atoms with E-state index >= 15 is 0 Å². The van der Waals surface area contributed by atoms with Crippen molar-refractivity contribution in [2.45, 2.75) is 6.10 Å². The van der Waals surface area contributed by atoms with Crippen LogP contribution in [0.1, 0.15) is 11.7 Å². The fraction of sp³-hybridized carbons (Fsp3) is 0.357. The minimum absolute atomic E-state index is 0.232. The number of piperazine rings is 1. The van der Waals surface area contributed by atoms with Crippen LogP contribution in [-0.4, -0.2) is 55.0 Å². The zero-order valence-electron chi connectivity index (χ0n) is 11.8. The zero-order chi connectivity index (χ0) is 15.6. The highest BCUT2D eigenvalue weighted by Gasteiger charge is 2.34. The molecule has 7 heteroatoms. The number of hydrogen-bond donors (Lipinski definition) is 1. The molecule has 1 saturated heterocycles. The van der Waals surface area contributed by atoms with E-state index in [-0.39, 0.29) is 5.56 Å². The number of aliphatic hydroxyl groups is 1. The van der Waals surface area contributed by atoms with Crippen LogP contribution in [-0.2, 0) is 19.1 Å². The van der Waals surface area contributed by atoms with Crippen LogP contribution in [0.15, 0.2) is 24.3 Å². The molecule has 0 bridgehead atoms. The molecule has 1 unspecified atom stereocenters. The van der Waals surface area contributed by atoms with Gasteiger partial charge in [0, 0.05) is 25.7 Å². The van der Waals surface area contributed by atoms with Crippen LogP contribution in [0.25, 0.3) is 0 Å². The molecule has 2 rings (SSSR count). The summed E-state index contributed by atoms with van der Waals surface area (Å²) in [6.45, 7) is 0.680. The van der Waals surface area contributed by atoms with E-state index in [0.717, 1.165) is 0 Å². The lowest BCUT2D eigenvalue weighted by Gasteiger charge is -2.33. The molecule has 1 aliphatic rings. The fourth-order valence-corrected chi connectivity index (χ4v) is 2.16. The molecular formula is C14H16N2O5. The van der Waals surface area contributed by atoms with Gasteiger partial charge < -0.3 is 19.6 Å². The molecule has 0 aliphatic carbocycles. The highest BCUT2D eigenvalue weighted by molar-refractivity contribution is 6.41. The molecule has 1 aliphatic heterocycles. The first kappa shape index (κ1) is 15.0. The average molecular weight is 292 g/mol. The normalized spacial score (nSPS) is 16.9. The minimum atomic E-state index is -1.51. The van der Waals surface area contributed by atoms with Crippen molar-refractivity contribution in [3.8, 4) is 0 Å². The van der Waals surface area contributed by atoms with Crippen molar-refractivity contribution < 1.29 is 24.2 Å². The van der Waals surface area contributed by atoms with Gasteiger partial charge in [-0.05, 0) is 6.07 Å². The van der Waals surface area contributed by atoms with Crippen molar-refractivity contribution >= 4 is 23.5 Å². The van der Waals surface area contributed by atoms with E-state index in [1.807, 2.05) is 0 Å². The second-order valence-electron chi connectivity index (χ2n) is 4.67. The van der Waals surface area contributed by atoms with Crippen molar-refractivity contribution in [1.29, 1.82) is 0 Å². The molecule has 1 fully saturated rings. The number of esters is 1. The monoisotopic (exact) mass is 292 g/mol. The molecule has 1 aromatic carbocycles. The van der Waals surface area contributed by atoms with Gasteiger partial charge in [0.05, 0.1) is 12.8 Å². The summed E-state index contributed by atoms with van der Waals surface area (Å²) in [6.07, 6.45) is -1.51. The summed E-state index contributed by atoms with van der Waals surface area (Å²) in [5.41, 5.74) is 0.567. The molecule has 1 aromatic rings. The molecule has 1 atom stereocenters. The van der Waals surface area contributed by atoms with Crippen molar-refractivity contribution in [1.82, 2.24) is 4.90 Å². The third-order valence-electron chi connectivity index (χ3n) is 3.38. The van der Waals surface area contributed by atoms with Gasteiger partial charge >= 0.3 is 17.8 Å². The number of rotatable bonds is 3. The summed E-state index contributed by atoms with van der Waals surface area (Å²) < 4.78 is 4.51. The summed E-state index contributed by atoms with van der Waals surface area (Å²) in [7, 11) is 2.71. The van der Waals surface area contributed by atoms with Gasteiger partial charge in [-0.3, -0.25) is 9.59 Å². The number of benzene rings is 1. The topological polar surface area (TPSA) is 87.2 Å². The minimum Gasteiger partial charge on any atom is -0.467 e. The van der Waals surface area contributed by atoms with Crippen molar-refractivity contribution in [3.05, 3.63) is 29.8 Å². The second kappa shape index (κ2) is 5.92. The molecule has 2 amide bonds. The molecule has 0 radical (unpaired) electrons. The third-order valence-corrected chi connectivity index (χ3v) is 3.38. The highest BCUT2D eigenvalue weighted by Crippen LogP contribution is 2.28. The number of methoxy groups -OCH3 is 1. The lowest BCUT2D eigenvalue weighted by atomic mass is 10.1. The Morgan fingerprint density at radius 3 is 2.57 bits per heavy atom. The van der Waals surface area contributed by atoms with Crippen molar-refractivity contribution in [2.24, 2.45) is 0 Å². The Kier molecular flexibility index (Phi) is 4.23. The predicted octanol–water partition coefficient (Wildman–Crippen LogP) is -0.302. The van der Waals surface area contributed by atoms with Crippen LogP contribution in [0.3, 0.4) is 0 Å². The number of carbonyl (C=O) groups excluding carboxylic acids is 3. The van der Waals surface area contributed by atoms with Crippen LogP contribution in [0, 0.1) is 0 Å². The van der Waals surface area contributed by atoms with Gasteiger partial charge in [-0.25, -0.2) is 4.79 Å². The van der Waals surface area contributed by atoms with Gasteiger partial charge in [-0.15, -0.1) is 0 Å². The fourth-order valence-electron chi connectivity index (χ4n) is 2.16. The second-order valence-corrected chi connectivity index (χ2v) is 4.67. The average Bonchev–Trinajstić information content (AvgIpc) is 2.51. The SMILES string of the molecule is COC(=O)C(O)c1ccccc1N1CCN(C)C(=O)C1=O. The van der Waals surface area contributed by atoms with E-state index in [4.69, 9.17) is 0 Å². The lowest BCUT2D eigenvalue weighted by Crippen LogP contribution is -2.53. The van der Waals surface area contributed by atoms with Gasteiger partial charge in [-0.2, -0.15) is 0 Å². The number of hydrogen-bond acceptors (Lipinski definition) is 5. The first-order chi connectivity index (χ1) is 9.97. The highest BCUT2D eigenvalue weighted by atomic mass is 16.5. The summed E-state index contributed by atoms with van der Waals surface area (Å²) in [6, 6.07) is 6.40. The van der Waals surface area contributed by atoms with Gasteiger partial charge in [0.25, 0.3) is 0 Å². The molecule has 0 spiro atoms. The third kappa shape index (κ3) is 2.73. The number of amides is 2. The molecule has 1 heterocycles. The van der Waals surface area contributed by atoms with E-state index in [0.29, 0.717) is 18.8 Å². The first-order valence-corrected chi connectivity index (χ1v) is 6.39. The van der Waals surface area contributed by atoms with Crippen LogP contribution >= 0.6 is 0 Å². The Labute approximate surface area is 121 Å². The van der Waals surface area contributed by atoms with Crippen LogP contribution in [0.5, 0.6) is 0 Å². The Morgan fingerprint density at radius 1 is 1.24 bits per heavy atom. The van der Waals surface area contributed by atoms with Crippen LogP contribution in [0.4, 0.5) is 5.69 Å². The number of likely N-dealkylation sites (N-methyl/N-ethyl adjacent to an activating group) is 1. The van der Waals surface area contributed by atoms with Gasteiger partial charge in [0.2, 0.25) is 0 Å². The standard InChI is InChI=1S/C14H16N2O5/c1-15-7-8-16(13(19)12(15)18)10-6-4-3-5-9(10)11(17)14(20)21-2/h3-6,11,17H,7-8H2,1-2H3. The van der Waals surface area contributed by atoms with E-state index in [2.05, 4.69) is 4.74 Å². The predicted molar refractivity (Wildman–Crippen MR) is 73.4 cm³/mol. The molecule has 21 heavy (non-hydrogen) atoms. The van der Waals surface area contributed by atoms with Crippen LogP contribution < -0.4 is 4.90 Å². The van der Waals surface area contributed by atoms with Crippen molar-refractivity contribution in [3.63, 3.8) is 0 Å². The van der Waals surface area contributed by atoms with Gasteiger partial charge in [0.1, 0.15) is 0 Å². The Morgan fingerprint density at radius 2 is 1.90 bits per heavy atom. The molecular weight excluding hydrogens is 276 g/mol. The summed E-state index contributed by atoms with van der Waals surface area (Å²) in [5, 5.41) is 10.00. The molecule has 0 aromatic heterocycles. The first-order valence-electron chi connectivity index (χ1n) is 6.39. The lowest BCUT2D eigenvalue weighted by molar-refractivity contribution is -0.150. The summed E-state index contributed by atoms with van der Waals surface area (Å²) in [5.74, 6) is -2.13. The summed E-state index contributed by atoms with van der Waals surface area (Å²) >= 11 is 0. The maximum Gasteiger partial charge on any atom is 0.339 e. The number of ether oxygens (including phenoxy) is 1. The van der Waals surface area contributed by atoms with E-state index in [9.17, 15) is 19.5 Å². The van der Waals surface area contributed by atoms with E-state index in [1.54, 1.807) is 25.2 Å². The maximum atomic E-state index is 12.1. The Balaban J connectivity index is 2.39. The van der Waals surface area contributed by atoms with Gasteiger partial charge in [0.15, 0.2) is 6.10 Å². The zero-order valence-corrected chi connectivity index (χ0v) is 11.8. The van der Waals surface area contributed by atoms with E-state index in [1.165, 1.54) is 23.0 Å².